The highest BCUT2D eigenvalue weighted by Crippen LogP contribution is 2.29. The van der Waals surface area contributed by atoms with Crippen LogP contribution in [0.15, 0.2) is 48.5 Å². The van der Waals surface area contributed by atoms with Crippen molar-refractivity contribution in [1.29, 1.82) is 0 Å². The molecule has 2 N–H and O–H groups in total. The van der Waals surface area contributed by atoms with E-state index in [1.54, 1.807) is 43.5 Å². The van der Waals surface area contributed by atoms with Crippen molar-refractivity contribution in [3.63, 3.8) is 0 Å². The normalized spacial score (nSPS) is 10.4. The Morgan fingerprint density at radius 2 is 1.84 bits per heavy atom. The van der Waals surface area contributed by atoms with Crippen molar-refractivity contribution < 1.29 is 9.13 Å². The first-order valence-electron chi connectivity index (χ1n) is 7.53. The van der Waals surface area contributed by atoms with Crippen molar-refractivity contribution >= 4 is 34.7 Å². The molecule has 3 rings (SSSR count). The predicted molar refractivity (Wildman–Crippen MR) is 97.7 cm³/mol. The molecular formula is C18H16ClFN4O. The molecule has 0 aliphatic carbocycles. The van der Waals surface area contributed by atoms with E-state index in [2.05, 4.69) is 20.6 Å². The second-order valence-electron chi connectivity index (χ2n) is 5.30. The number of aryl methyl sites for hydroxylation is 1. The lowest BCUT2D eigenvalue weighted by atomic mass is 10.3. The summed E-state index contributed by atoms with van der Waals surface area (Å²) in [5.41, 5.74) is 1.79. The Labute approximate surface area is 149 Å². The fourth-order valence-corrected chi connectivity index (χ4v) is 2.52. The third-order valence-electron chi connectivity index (χ3n) is 3.40. The molecule has 25 heavy (non-hydrogen) atoms. The van der Waals surface area contributed by atoms with E-state index in [0.717, 1.165) is 11.4 Å². The van der Waals surface area contributed by atoms with E-state index in [0.29, 0.717) is 28.2 Å². The maximum absolute atomic E-state index is 13.8. The molecule has 0 saturated carbocycles. The highest BCUT2D eigenvalue weighted by molar-refractivity contribution is 6.32. The predicted octanol–water partition coefficient (Wildman–Crippen LogP) is 5.07. The summed E-state index contributed by atoms with van der Waals surface area (Å²) < 4.78 is 18.9. The zero-order chi connectivity index (χ0) is 17.8. The molecule has 0 aliphatic rings. The number of hydrogen-bond acceptors (Lipinski definition) is 5. The van der Waals surface area contributed by atoms with Crippen LogP contribution in [0.5, 0.6) is 5.75 Å². The molecule has 0 spiro atoms. The van der Waals surface area contributed by atoms with Crippen LogP contribution >= 0.6 is 11.6 Å². The molecule has 0 saturated heterocycles. The van der Waals surface area contributed by atoms with Crippen molar-refractivity contribution in [1.82, 2.24) is 9.97 Å². The molecule has 128 valence electrons. The van der Waals surface area contributed by atoms with Crippen LogP contribution in [0.4, 0.5) is 27.5 Å². The molecule has 0 unspecified atom stereocenters. The molecule has 0 amide bonds. The largest absolute Gasteiger partial charge is 0.495 e. The highest BCUT2D eigenvalue weighted by Gasteiger charge is 2.07. The number of methoxy groups -OCH3 is 1. The molecule has 1 aromatic heterocycles. The second kappa shape index (κ2) is 7.36. The van der Waals surface area contributed by atoms with E-state index in [1.165, 1.54) is 6.07 Å². The Morgan fingerprint density at radius 1 is 1.04 bits per heavy atom. The quantitative estimate of drug-likeness (QED) is 0.666. The van der Waals surface area contributed by atoms with Crippen LogP contribution in [0.25, 0.3) is 0 Å². The van der Waals surface area contributed by atoms with E-state index >= 15 is 0 Å². The molecule has 5 nitrogen and oxygen atoms in total. The van der Waals surface area contributed by atoms with Crippen LogP contribution in [-0.2, 0) is 0 Å². The summed E-state index contributed by atoms with van der Waals surface area (Å²) in [4.78, 5) is 8.65. The SMILES string of the molecule is COc1ccc(Nc2cc(C)nc(Nc3ccccc3F)n2)cc1Cl. The minimum atomic E-state index is -0.371. The number of hydrogen-bond donors (Lipinski definition) is 2. The van der Waals surface area contributed by atoms with Crippen LogP contribution in [-0.4, -0.2) is 17.1 Å². The molecule has 0 radical (unpaired) electrons. The molecule has 0 aliphatic heterocycles. The van der Waals surface area contributed by atoms with Gasteiger partial charge in [-0.3, -0.25) is 0 Å². The van der Waals surface area contributed by atoms with Gasteiger partial charge in [-0.25, -0.2) is 9.37 Å². The molecule has 0 atom stereocenters. The Hall–Kier alpha value is -2.86. The number of nitrogens with zero attached hydrogens (tertiary/aromatic N) is 2. The van der Waals surface area contributed by atoms with Crippen molar-refractivity contribution in [3.05, 3.63) is 65.1 Å². The number of nitrogens with one attached hydrogen (secondary N) is 2. The maximum atomic E-state index is 13.8. The second-order valence-corrected chi connectivity index (χ2v) is 5.70. The number of benzene rings is 2. The van der Waals surface area contributed by atoms with Crippen molar-refractivity contribution in [2.45, 2.75) is 6.92 Å². The average molecular weight is 359 g/mol. The number of anilines is 4. The maximum Gasteiger partial charge on any atom is 0.229 e. The van der Waals surface area contributed by atoms with E-state index in [9.17, 15) is 4.39 Å². The van der Waals surface area contributed by atoms with E-state index in [1.807, 2.05) is 13.0 Å². The van der Waals surface area contributed by atoms with Gasteiger partial charge in [-0.1, -0.05) is 23.7 Å². The van der Waals surface area contributed by atoms with Crippen LogP contribution in [0, 0.1) is 12.7 Å². The molecule has 7 heteroatoms. The Morgan fingerprint density at radius 3 is 2.56 bits per heavy atom. The van der Waals surface area contributed by atoms with Gasteiger partial charge in [-0.05, 0) is 37.3 Å². The standard InChI is InChI=1S/C18H16ClFN4O/c1-11-9-17(22-12-7-8-16(25-2)13(19)10-12)24-18(21-11)23-15-6-4-3-5-14(15)20/h3-10H,1-2H3,(H2,21,22,23,24). The average Bonchev–Trinajstić information content (AvgIpc) is 2.57. The zero-order valence-electron chi connectivity index (χ0n) is 13.7. The smallest absolute Gasteiger partial charge is 0.229 e. The first kappa shape index (κ1) is 17.0. The zero-order valence-corrected chi connectivity index (χ0v) is 14.4. The van der Waals surface area contributed by atoms with Gasteiger partial charge in [0.25, 0.3) is 0 Å². The van der Waals surface area contributed by atoms with Gasteiger partial charge in [0.1, 0.15) is 17.4 Å². The third kappa shape index (κ3) is 4.16. The van der Waals surface area contributed by atoms with Gasteiger partial charge in [0, 0.05) is 17.4 Å². The summed E-state index contributed by atoms with van der Waals surface area (Å²) in [5.74, 6) is 1.08. The fourth-order valence-electron chi connectivity index (χ4n) is 2.26. The topological polar surface area (TPSA) is 59.1 Å². The van der Waals surface area contributed by atoms with Crippen LogP contribution < -0.4 is 15.4 Å². The minimum absolute atomic E-state index is 0.298. The van der Waals surface area contributed by atoms with Gasteiger partial charge in [0.2, 0.25) is 5.95 Å². The Balaban J connectivity index is 1.84. The minimum Gasteiger partial charge on any atom is -0.495 e. The van der Waals surface area contributed by atoms with Crippen molar-refractivity contribution in [2.24, 2.45) is 0 Å². The van der Waals surface area contributed by atoms with Crippen LogP contribution in [0.2, 0.25) is 5.02 Å². The van der Waals surface area contributed by atoms with Gasteiger partial charge in [0.05, 0.1) is 17.8 Å². The van der Waals surface area contributed by atoms with Crippen molar-refractivity contribution in [2.75, 3.05) is 17.7 Å². The van der Waals surface area contributed by atoms with Gasteiger partial charge >= 0.3 is 0 Å². The lowest BCUT2D eigenvalue weighted by molar-refractivity contribution is 0.415. The summed E-state index contributed by atoms with van der Waals surface area (Å²) in [6.07, 6.45) is 0. The van der Waals surface area contributed by atoms with Gasteiger partial charge in [-0.15, -0.1) is 0 Å². The molecule has 1 heterocycles. The highest BCUT2D eigenvalue weighted by atomic mass is 35.5. The van der Waals surface area contributed by atoms with Crippen LogP contribution in [0.1, 0.15) is 5.69 Å². The number of rotatable bonds is 5. The number of ether oxygens (including phenoxy) is 1. The number of aromatic nitrogens is 2. The van der Waals surface area contributed by atoms with Gasteiger partial charge < -0.3 is 15.4 Å². The molecule has 0 bridgehead atoms. The Kier molecular flexibility index (Phi) is 5.00. The fraction of sp³-hybridized carbons (Fsp3) is 0.111. The lowest BCUT2D eigenvalue weighted by Gasteiger charge is -2.11. The summed E-state index contributed by atoms with van der Waals surface area (Å²) in [6, 6.07) is 13.5. The summed E-state index contributed by atoms with van der Waals surface area (Å²) in [6.45, 7) is 1.83. The van der Waals surface area contributed by atoms with Gasteiger partial charge in [-0.2, -0.15) is 4.98 Å². The number of halogens is 2. The molecule has 0 fully saturated rings. The summed E-state index contributed by atoms with van der Waals surface area (Å²) in [7, 11) is 1.56. The van der Waals surface area contributed by atoms with Crippen LogP contribution in [0.3, 0.4) is 0 Å². The van der Waals surface area contributed by atoms with Gasteiger partial charge in [0.15, 0.2) is 0 Å². The van der Waals surface area contributed by atoms with E-state index in [-0.39, 0.29) is 5.82 Å². The monoisotopic (exact) mass is 358 g/mol. The summed E-state index contributed by atoms with van der Waals surface area (Å²) in [5, 5.41) is 6.53. The molecular weight excluding hydrogens is 343 g/mol. The third-order valence-corrected chi connectivity index (χ3v) is 3.69. The first-order valence-corrected chi connectivity index (χ1v) is 7.91. The molecule has 3 aromatic rings. The van der Waals surface area contributed by atoms with Crippen molar-refractivity contribution in [3.8, 4) is 5.75 Å². The molecule has 2 aromatic carbocycles. The summed E-state index contributed by atoms with van der Waals surface area (Å²) >= 11 is 6.13. The van der Waals surface area contributed by atoms with E-state index in [4.69, 9.17) is 16.3 Å². The number of para-hydroxylation sites is 1. The first-order chi connectivity index (χ1) is 12.0. The Bertz CT molecular complexity index is 904. The lowest BCUT2D eigenvalue weighted by Crippen LogP contribution is -2.03. The van der Waals surface area contributed by atoms with E-state index < -0.39 is 0 Å².